The van der Waals surface area contributed by atoms with Crippen molar-refractivity contribution in [1.82, 2.24) is 10.4 Å². The maximum atomic E-state index is 11.1. The van der Waals surface area contributed by atoms with Crippen LogP contribution in [0.5, 0.6) is 0 Å². The molecular weight excluding hydrogens is 180 g/mol. The quantitative estimate of drug-likeness (QED) is 0.497. The molecule has 1 atom stereocenters. The molecule has 0 aliphatic heterocycles. The van der Waals surface area contributed by atoms with Gasteiger partial charge in [0.25, 0.3) is 0 Å². The fourth-order valence-corrected chi connectivity index (χ4v) is 1.37. The van der Waals surface area contributed by atoms with Crippen LogP contribution in [0.1, 0.15) is 33.1 Å². The maximum Gasteiger partial charge on any atom is 0.305 e. The SMILES string of the molecule is CCOC(=O)CCC(CC)N(C)NC. The summed E-state index contributed by atoms with van der Waals surface area (Å²) in [4.78, 5) is 11.1. The van der Waals surface area contributed by atoms with Crippen LogP contribution in [0, 0.1) is 0 Å². The van der Waals surface area contributed by atoms with Crippen molar-refractivity contribution in [3.05, 3.63) is 0 Å². The molecule has 1 unspecified atom stereocenters. The van der Waals surface area contributed by atoms with Gasteiger partial charge in [0.15, 0.2) is 0 Å². The average molecular weight is 202 g/mol. The van der Waals surface area contributed by atoms with Crippen LogP contribution < -0.4 is 5.43 Å². The highest BCUT2D eigenvalue weighted by molar-refractivity contribution is 5.69. The first kappa shape index (κ1) is 13.4. The van der Waals surface area contributed by atoms with Crippen LogP contribution in [0.2, 0.25) is 0 Å². The molecule has 0 bridgehead atoms. The van der Waals surface area contributed by atoms with Crippen LogP contribution in [-0.4, -0.2) is 37.7 Å². The number of hydrazine groups is 1. The van der Waals surface area contributed by atoms with E-state index in [1.54, 1.807) is 0 Å². The van der Waals surface area contributed by atoms with Gasteiger partial charge in [-0.2, -0.15) is 0 Å². The average Bonchev–Trinajstić information content (AvgIpc) is 2.18. The molecule has 0 aromatic rings. The van der Waals surface area contributed by atoms with Gasteiger partial charge in [-0.3, -0.25) is 10.2 Å². The van der Waals surface area contributed by atoms with Crippen LogP contribution in [0.3, 0.4) is 0 Å². The summed E-state index contributed by atoms with van der Waals surface area (Å²) in [6, 6.07) is 0.393. The number of nitrogens with zero attached hydrogens (tertiary/aromatic N) is 1. The molecule has 0 spiro atoms. The fraction of sp³-hybridized carbons (Fsp3) is 0.900. The predicted octanol–water partition coefficient (Wildman–Crippen LogP) is 1.17. The van der Waals surface area contributed by atoms with Crippen molar-refractivity contribution < 1.29 is 9.53 Å². The lowest BCUT2D eigenvalue weighted by atomic mass is 10.1. The minimum Gasteiger partial charge on any atom is -0.466 e. The third kappa shape index (κ3) is 5.19. The Morgan fingerprint density at radius 2 is 2.14 bits per heavy atom. The Morgan fingerprint density at radius 3 is 2.57 bits per heavy atom. The van der Waals surface area contributed by atoms with E-state index in [-0.39, 0.29) is 5.97 Å². The Kier molecular flexibility index (Phi) is 7.42. The molecule has 0 aliphatic rings. The lowest BCUT2D eigenvalue weighted by Crippen LogP contribution is -2.40. The van der Waals surface area contributed by atoms with Gasteiger partial charge < -0.3 is 4.74 Å². The Balaban J connectivity index is 3.77. The number of nitrogens with one attached hydrogen (secondary N) is 1. The number of carbonyl (C=O) groups is 1. The Bertz CT molecular complexity index is 162. The van der Waals surface area contributed by atoms with Gasteiger partial charge in [0.2, 0.25) is 0 Å². The first-order valence-electron chi connectivity index (χ1n) is 5.21. The lowest BCUT2D eigenvalue weighted by Gasteiger charge is -2.25. The highest BCUT2D eigenvalue weighted by Crippen LogP contribution is 2.07. The fourth-order valence-electron chi connectivity index (χ4n) is 1.37. The standard InChI is InChI=1S/C10H22N2O2/c1-5-9(12(4)11-3)7-8-10(13)14-6-2/h9,11H,5-8H2,1-4H3. The molecule has 4 nitrogen and oxygen atoms in total. The monoisotopic (exact) mass is 202 g/mol. The van der Waals surface area contributed by atoms with Gasteiger partial charge in [0.05, 0.1) is 6.61 Å². The van der Waals surface area contributed by atoms with E-state index >= 15 is 0 Å². The van der Waals surface area contributed by atoms with Crippen molar-refractivity contribution in [2.75, 3.05) is 20.7 Å². The smallest absolute Gasteiger partial charge is 0.305 e. The molecular formula is C10H22N2O2. The summed E-state index contributed by atoms with van der Waals surface area (Å²) < 4.78 is 4.87. The molecule has 0 saturated heterocycles. The normalized spacial score (nSPS) is 12.9. The molecule has 0 aromatic carbocycles. The van der Waals surface area contributed by atoms with Crippen molar-refractivity contribution in [2.45, 2.75) is 39.2 Å². The van der Waals surface area contributed by atoms with Crippen LogP contribution in [0.25, 0.3) is 0 Å². The van der Waals surface area contributed by atoms with Crippen molar-refractivity contribution in [2.24, 2.45) is 0 Å². The van der Waals surface area contributed by atoms with Gasteiger partial charge in [0, 0.05) is 19.5 Å². The molecule has 0 amide bonds. The third-order valence-corrected chi connectivity index (χ3v) is 2.36. The summed E-state index contributed by atoms with van der Waals surface area (Å²) in [5.74, 6) is -0.101. The molecule has 0 rings (SSSR count). The zero-order valence-corrected chi connectivity index (χ0v) is 9.67. The van der Waals surface area contributed by atoms with E-state index in [1.165, 1.54) is 0 Å². The van der Waals surface area contributed by atoms with E-state index in [0.29, 0.717) is 19.1 Å². The number of esters is 1. The van der Waals surface area contributed by atoms with E-state index in [4.69, 9.17) is 4.74 Å². The number of rotatable bonds is 7. The second kappa shape index (κ2) is 7.76. The van der Waals surface area contributed by atoms with Crippen LogP contribution in [0.15, 0.2) is 0 Å². The predicted molar refractivity (Wildman–Crippen MR) is 56.8 cm³/mol. The summed E-state index contributed by atoms with van der Waals surface area (Å²) >= 11 is 0. The molecule has 4 heteroatoms. The number of hydrogen-bond acceptors (Lipinski definition) is 4. The number of ether oxygens (including phenoxy) is 1. The lowest BCUT2D eigenvalue weighted by molar-refractivity contribution is -0.143. The molecule has 0 radical (unpaired) electrons. The minimum absolute atomic E-state index is 0.101. The molecule has 1 N–H and O–H groups in total. The van der Waals surface area contributed by atoms with Crippen molar-refractivity contribution in [1.29, 1.82) is 0 Å². The van der Waals surface area contributed by atoms with Crippen molar-refractivity contribution in [3.8, 4) is 0 Å². The van der Waals surface area contributed by atoms with Crippen molar-refractivity contribution >= 4 is 5.97 Å². The van der Waals surface area contributed by atoms with Gasteiger partial charge in [-0.05, 0) is 26.8 Å². The first-order chi connectivity index (χ1) is 6.65. The molecule has 84 valence electrons. The van der Waals surface area contributed by atoms with E-state index in [9.17, 15) is 4.79 Å². The summed E-state index contributed by atoms with van der Waals surface area (Å²) in [5.41, 5.74) is 3.05. The van der Waals surface area contributed by atoms with Gasteiger partial charge in [-0.1, -0.05) is 6.92 Å². The molecule has 0 heterocycles. The summed E-state index contributed by atoms with van der Waals surface area (Å²) in [6.45, 7) is 4.41. The van der Waals surface area contributed by atoms with E-state index in [2.05, 4.69) is 12.3 Å². The number of carbonyl (C=O) groups excluding carboxylic acids is 1. The molecule has 14 heavy (non-hydrogen) atoms. The van der Waals surface area contributed by atoms with E-state index in [1.807, 2.05) is 26.0 Å². The van der Waals surface area contributed by atoms with Gasteiger partial charge >= 0.3 is 5.97 Å². The molecule has 0 fully saturated rings. The highest BCUT2D eigenvalue weighted by Gasteiger charge is 2.13. The Hall–Kier alpha value is -0.610. The second-order valence-electron chi connectivity index (χ2n) is 3.24. The summed E-state index contributed by atoms with van der Waals surface area (Å²) in [6.07, 6.45) is 2.36. The highest BCUT2D eigenvalue weighted by atomic mass is 16.5. The van der Waals surface area contributed by atoms with E-state index < -0.39 is 0 Å². The summed E-state index contributed by atoms with van der Waals surface area (Å²) in [7, 11) is 3.87. The molecule has 0 aromatic heterocycles. The zero-order chi connectivity index (χ0) is 11.0. The van der Waals surface area contributed by atoms with Gasteiger partial charge in [-0.25, -0.2) is 5.01 Å². The minimum atomic E-state index is -0.101. The van der Waals surface area contributed by atoms with Gasteiger partial charge in [0.1, 0.15) is 0 Å². The topological polar surface area (TPSA) is 41.6 Å². The second-order valence-corrected chi connectivity index (χ2v) is 3.24. The van der Waals surface area contributed by atoms with E-state index in [0.717, 1.165) is 12.8 Å². The van der Waals surface area contributed by atoms with Crippen LogP contribution >= 0.6 is 0 Å². The van der Waals surface area contributed by atoms with Gasteiger partial charge in [-0.15, -0.1) is 0 Å². The molecule has 0 saturated carbocycles. The maximum absolute atomic E-state index is 11.1. The van der Waals surface area contributed by atoms with Crippen LogP contribution in [0.4, 0.5) is 0 Å². The Morgan fingerprint density at radius 1 is 1.50 bits per heavy atom. The first-order valence-corrected chi connectivity index (χ1v) is 5.21. The Labute approximate surface area is 86.6 Å². The van der Waals surface area contributed by atoms with Crippen LogP contribution in [-0.2, 0) is 9.53 Å². The summed E-state index contributed by atoms with van der Waals surface area (Å²) in [5, 5.41) is 2.03. The largest absolute Gasteiger partial charge is 0.466 e. The third-order valence-electron chi connectivity index (χ3n) is 2.36. The molecule has 0 aliphatic carbocycles. The number of hydrogen-bond donors (Lipinski definition) is 1. The van der Waals surface area contributed by atoms with Crippen molar-refractivity contribution in [3.63, 3.8) is 0 Å². The zero-order valence-electron chi connectivity index (χ0n) is 9.67.